The van der Waals surface area contributed by atoms with E-state index in [-0.39, 0.29) is 23.1 Å². The molecule has 0 saturated carbocycles. The van der Waals surface area contributed by atoms with Crippen LogP contribution in [0.15, 0.2) is 10.6 Å². The van der Waals surface area contributed by atoms with Crippen molar-refractivity contribution >= 4 is 5.91 Å². The molecule has 1 N–H and O–H groups in total. The summed E-state index contributed by atoms with van der Waals surface area (Å²) in [6, 6.07) is 1.71. The first-order chi connectivity index (χ1) is 6.80. The van der Waals surface area contributed by atoms with Gasteiger partial charge in [0, 0.05) is 12.1 Å². The summed E-state index contributed by atoms with van der Waals surface area (Å²) in [6.45, 7) is 9.98. The van der Waals surface area contributed by atoms with Crippen molar-refractivity contribution in [2.45, 2.75) is 40.7 Å². The molecule has 1 aromatic heterocycles. The van der Waals surface area contributed by atoms with E-state index in [1.807, 2.05) is 6.92 Å². The van der Waals surface area contributed by atoms with Crippen LogP contribution in [0, 0.1) is 12.3 Å². The minimum absolute atomic E-state index is 0.0325. The SMILES string of the molecule is Cc1cc(C(=O)N[C@H](C)C(C)(C)C)on1. The van der Waals surface area contributed by atoms with Crippen LogP contribution in [-0.2, 0) is 0 Å². The fraction of sp³-hybridized carbons (Fsp3) is 0.636. The maximum atomic E-state index is 11.7. The number of nitrogens with zero attached hydrogens (tertiary/aromatic N) is 1. The standard InChI is InChI=1S/C11H18N2O2/c1-7-6-9(15-13-7)10(14)12-8(2)11(3,4)5/h6,8H,1-5H3,(H,12,14)/t8-/m1/s1. The summed E-state index contributed by atoms with van der Waals surface area (Å²) in [5, 5.41) is 6.55. The van der Waals surface area contributed by atoms with E-state index in [9.17, 15) is 4.79 Å². The van der Waals surface area contributed by atoms with Gasteiger partial charge in [-0.3, -0.25) is 4.79 Å². The van der Waals surface area contributed by atoms with Crippen molar-refractivity contribution in [1.29, 1.82) is 0 Å². The summed E-state index contributed by atoms with van der Waals surface area (Å²) >= 11 is 0. The second-order valence-electron chi connectivity index (χ2n) is 4.89. The van der Waals surface area contributed by atoms with Crippen molar-refractivity contribution in [3.63, 3.8) is 0 Å². The zero-order valence-electron chi connectivity index (χ0n) is 9.92. The number of aromatic nitrogens is 1. The number of amides is 1. The van der Waals surface area contributed by atoms with Gasteiger partial charge in [-0.15, -0.1) is 0 Å². The van der Waals surface area contributed by atoms with Crippen molar-refractivity contribution in [2.75, 3.05) is 0 Å². The summed E-state index contributed by atoms with van der Waals surface area (Å²) in [4.78, 5) is 11.7. The van der Waals surface area contributed by atoms with Crippen LogP contribution in [0.4, 0.5) is 0 Å². The number of aryl methyl sites for hydroxylation is 1. The summed E-state index contributed by atoms with van der Waals surface area (Å²) < 4.78 is 4.88. The summed E-state index contributed by atoms with van der Waals surface area (Å²) in [7, 11) is 0. The van der Waals surface area contributed by atoms with Gasteiger partial charge in [0.05, 0.1) is 5.69 Å². The van der Waals surface area contributed by atoms with Gasteiger partial charge in [-0.1, -0.05) is 25.9 Å². The van der Waals surface area contributed by atoms with Gasteiger partial charge in [-0.05, 0) is 19.3 Å². The van der Waals surface area contributed by atoms with Crippen LogP contribution in [0.5, 0.6) is 0 Å². The highest BCUT2D eigenvalue weighted by Crippen LogP contribution is 2.18. The lowest BCUT2D eigenvalue weighted by Crippen LogP contribution is -2.41. The molecule has 84 valence electrons. The fourth-order valence-corrected chi connectivity index (χ4v) is 0.955. The van der Waals surface area contributed by atoms with Crippen LogP contribution in [0.1, 0.15) is 43.9 Å². The Bertz CT molecular complexity index is 350. The third-order valence-electron chi connectivity index (χ3n) is 2.50. The number of carbonyl (C=O) groups is 1. The predicted octanol–water partition coefficient (Wildman–Crippen LogP) is 2.15. The number of nitrogens with one attached hydrogen (secondary N) is 1. The van der Waals surface area contributed by atoms with Crippen LogP contribution < -0.4 is 5.32 Å². The Balaban J connectivity index is 2.64. The van der Waals surface area contributed by atoms with Gasteiger partial charge >= 0.3 is 0 Å². The molecule has 4 heteroatoms. The Morgan fingerprint density at radius 2 is 2.13 bits per heavy atom. The lowest BCUT2D eigenvalue weighted by molar-refractivity contribution is 0.0872. The van der Waals surface area contributed by atoms with Gasteiger partial charge in [-0.2, -0.15) is 0 Å². The third-order valence-corrected chi connectivity index (χ3v) is 2.50. The quantitative estimate of drug-likeness (QED) is 0.813. The molecule has 15 heavy (non-hydrogen) atoms. The zero-order valence-corrected chi connectivity index (χ0v) is 9.92. The van der Waals surface area contributed by atoms with E-state index in [1.54, 1.807) is 13.0 Å². The van der Waals surface area contributed by atoms with Gasteiger partial charge in [-0.25, -0.2) is 0 Å². The lowest BCUT2D eigenvalue weighted by Gasteiger charge is -2.27. The maximum absolute atomic E-state index is 11.7. The van der Waals surface area contributed by atoms with Gasteiger partial charge < -0.3 is 9.84 Å². The van der Waals surface area contributed by atoms with Crippen LogP contribution >= 0.6 is 0 Å². The highest BCUT2D eigenvalue weighted by molar-refractivity contribution is 5.91. The molecule has 1 rings (SSSR count). The number of rotatable bonds is 2. The van der Waals surface area contributed by atoms with E-state index < -0.39 is 0 Å². The third kappa shape index (κ3) is 3.08. The highest BCUT2D eigenvalue weighted by Gasteiger charge is 2.23. The van der Waals surface area contributed by atoms with Crippen molar-refractivity contribution in [2.24, 2.45) is 5.41 Å². The van der Waals surface area contributed by atoms with Crippen LogP contribution in [0.3, 0.4) is 0 Å². The smallest absolute Gasteiger partial charge is 0.290 e. The highest BCUT2D eigenvalue weighted by atomic mass is 16.5. The zero-order chi connectivity index (χ0) is 11.6. The molecule has 1 atom stereocenters. The topological polar surface area (TPSA) is 55.1 Å². The van der Waals surface area contributed by atoms with Crippen LogP contribution in [0.25, 0.3) is 0 Å². The van der Waals surface area contributed by atoms with Crippen molar-refractivity contribution in [3.05, 3.63) is 17.5 Å². The largest absolute Gasteiger partial charge is 0.351 e. The van der Waals surface area contributed by atoms with Crippen molar-refractivity contribution in [1.82, 2.24) is 10.5 Å². The van der Waals surface area contributed by atoms with Crippen molar-refractivity contribution < 1.29 is 9.32 Å². The van der Waals surface area contributed by atoms with E-state index in [0.717, 1.165) is 0 Å². The molecule has 0 unspecified atom stereocenters. The molecule has 0 aliphatic carbocycles. The first-order valence-corrected chi connectivity index (χ1v) is 5.05. The van der Waals surface area contributed by atoms with E-state index in [1.165, 1.54) is 0 Å². The Morgan fingerprint density at radius 3 is 2.53 bits per heavy atom. The number of hydrogen-bond donors (Lipinski definition) is 1. The Hall–Kier alpha value is -1.32. The molecule has 0 saturated heterocycles. The van der Waals surface area contributed by atoms with E-state index >= 15 is 0 Å². The molecule has 1 heterocycles. The fourth-order valence-electron chi connectivity index (χ4n) is 0.955. The molecular weight excluding hydrogens is 192 g/mol. The summed E-state index contributed by atoms with van der Waals surface area (Å²) in [6.07, 6.45) is 0. The van der Waals surface area contributed by atoms with E-state index in [0.29, 0.717) is 5.69 Å². The summed E-state index contributed by atoms with van der Waals surface area (Å²) in [5.74, 6) is 0.0571. The second-order valence-corrected chi connectivity index (χ2v) is 4.89. The Labute approximate surface area is 90.0 Å². The molecule has 0 aromatic carbocycles. The molecule has 0 aliphatic rings. The summed E-state index contributed by atoms with van der Waals surface area (Å²) in [5.41, 5.74) is 0.744. The van der Waals surface area contributed by atoms with E-state index in [2.05, 4.69) is 31.2 Å². The molecule has 0 bridgehead atoms. The molecule has 4 nitrogen and oxygen atoms in total. The molecule has 1 amide bonds. The average Bonchev–Trinajstić information content (AvgIpc) is 2.50. The Kier molecular flexibility index (Phi) is 3.17. The molecule has 1 aromatic rings. The molecule has 0 radical (unpaired) electrons. The van der Waals surface area contributed by atoms with Crippen LogP contribution in [-0.4, -0.2) is 17.1 Å². The van der Waals surface area contributed by atoms with Crippen LogP contribution in [0.2, 0.25) is 0 Å². The minimum Gasteiger partial charge on any atom is -0.351 e. The Morgan fingerprint density at radius 1 is 1.53 bits per heavy atom. The number of carbonyl (C=O) groups excluding carboxylic acids is 1. The predicted molar refractivity (Wildman–Crippen MR) is 57.6 cm³/mol. The molecule has 0 fully saturated rings. The van der Waals surface area contributed by atoms with Gasteiger partial charge in [0.15, 0.2) is 0 Å². The minimum atomic E-state index is -0.210. The molecule has 0 spiro atoms. The van der Waals surface area contributed by atoms with E-state index in [4.69, 9.17) is 4.52 Å². The second kappa shape index (κ2) is 4.04. The first-order valence-electron chi connectivity index (χ1n) is 5.05. The first kappa shape index (κ1) is 11.8. The maximum Gasteiger partial charge on any atom is 0.290 e. The normalized spacial score (nSPS) is 13.7. The number of hydrogen-bond acceptors (Lipinski definition) is 3. The van der Waals surface area contributed by atoms with Crippen molar-refractivity contribution in [3.8, 4) is 0 Å². The van der Waals surface area contributed by atoms with Gasteiger partial charge in [0.25, 0.3) is 5.91 Å². The molecule has 0 aliphatic heterocycles. The van der Waals surface area contributed by atoms with Gasteiger partial charge in [0.1, 0.15) is 0 Å². The lowest BCUT2D eigenvalue weighted by atomic mass is 9.88. The molecular formula is C11H18N2O2. The monoisotopic (exact) mass is 210 g/mol. The average molecular weight is 210 g/mol. The van der Waals surface area contributed by atoms with Gasteiger partial charge in [0.2, 0.25) is 5.76 Å².